The number of hydrogen-bond acceptors (Lipinski definition) is 2. The number of aldehydes is 1. The smallest absolute Gasteiger partial charge is 0.142 e. The quantitative estimate of drug-likeness (QED) is 0.595. The van der Waals surface area contributed by atoms with Gasteiger partial charge in [-0.1, -0.05) is 18.2 Å². The van der Waals surface area contributed by atoms with Crippen LogP contribution in [-0.2, 0) is 4.79 Å². The van der Waals surface area contributed by atoms with Gasteiger partial charge < -0.3 is 0 Å². The van der Waals surface area contributed by atoms with E-state index in [-0.39, 0.29) is 0 Å². The van der Waals surface area contributed by atoms with Gasteiger partial charge in [0.2, 0.25) is 0 Å². The fraction of sp³-hybridized carbons (Fsp3) is 0.143. The second-order valence-electron chi connectivity index (χ2n) is 3.93. The normalized spacial score (nSPS) is 10.9. The average Bonchev–Trinajstić information content (AvgIpc) is 2.66. The summed E-state index contributed by atoms with van der Waals surface area (Å²) >= 11 is 0. The van der Waals surface area contributed by atoms with Gasteiger partial charge in [0.05, 0.1) is 11.4 Å². The third-order valence-corrected chi connectivity index (χ3v) is 2.49. The third-order valence-electron chi connectivity index (χ3n) is 2.49. The molecule has 0 unspecified atom stereocenters. The lowest BCUT2D eigenvalue weighted by molar-refractivity contribution is -0.104. The highest BCUT2D eigenvalue weighted by molar-refractivity contribution is 5.74. The van der Waals surface area contributed by atoms with Crippen LogP contribution in [0.1, 0.15) is 17.0 Å². The Morgan fingerprint density at radius 2 is 2.06 bits per heavy atom. The van der Waals surface area contributed by atoms with Crippen molar-refractivity contribution < 1.29 is 4.79 Å². The number of hydrogen-bond donors (Lipinski definition) is 0. The summed E-state index contributed by atoms with van der Waals surface area (Å²) in [6, 6.07) is 9.94. The summed E-state index contributed by atoms with van der Waals surface area (Å²) in [5, 5.41) is 4.42. The molecule has 2 aromatic rings. The maximum Gasteiger partial charge on any atom is 0.142 e. The van der Waals surface area contributed by atoms with Crippen molar-refractivity contribution in [3.05, 3.63) is 53.4 Å². The standard InChI is InChI=1S/C14H14N2O/c1-11-9-12(2)16(15-11)14-7-3-5-13(10-14)6-4-8-17/h3-10H,1-2H3. The average molecular weight is 226 g/mol. The molecule has 1 aromatic carbocycles. The number of carbonyl (C=O) groups excluding carboxylic acids is 1. The van der Waals surface area contributed by atoms with Crippen molar-refractivity contribution in [3.63, 3.8) is 0 Å². The van der Waals surface area contributed by atoms with Crippen molar-refractivity contribution in [1.82, 2.24) is 9.78 Å². The van der Waals surface area contributed by atoms with E-state index >= 15 is 0 Å². The van der Waals surface area contributed by atoms with Gasteiger partial charge in [-0.15, -0.1) is 0 Å². The Bertz CT molecular complexity index is 567. The molecule has 0 saturated carbocycles. The largest absolute Gasteiger partial charge is 0.299 e. The Balaban J connectivity index is 2.42. The van der Waals surface area contributed by atoms with Crippen LogP contribution in [0.15, 0.2) is 36.4 Å². The third kappa shape index (κ3) is 2.50. The number of nitrogens with zero attached hydrogens (tertiary/aromatic N) is 2. The molecule has 2 rings (SSSR count). The van der Waals surface area contributed by atoms with E-state index in [0.717, 1.165) is 28.9 Å². The topological polar surface area (TPSA) is 34.9 Å². The van der Waals surface area contributed by atoms with Gasteiger partial charge >= 0.3 is 0 Å². The van der Waals surface area contributed by atoms with Gasteiger partial charge in [-0.2, -0.15) is 5.10 Å². The van der Waals surface area contributed by atoms with Crippen molar-refractivity contribution in [3.8, 4) is 5.69 Å². The van der Waals surface area contributed by atoms with Crippen LogP contribution in [0, 0.1) is 13.8 Å². The maximum absolute atomic E-state index is 10.3. The van der Waals surface area contributed by atoms with Gasteiger partial charge in [0.25, 0.3) is 0 Å². The van der Waals surface area contributed by atoms with Gasteiger partial charge in [-0.05, 0) is 43.7 Å². The second-order valence-corrected chi connectivity index (χ2v) is 3.93. The van der Waals surface area contributed by atoms with Crippen molar-refractivity contribution in [2.45, 2.75) is 13.8 Å². The molecule has 0 amide bonds. The highest BCUT2D eigenvalue weighted by Gasteiger charge is 2.03. The first kappa shape index (κ1) is 11.3. The fourth-order valence-corrected chi connectivity index (χ4v) is 1.80. The molecule has 1 aromatic heterocycles. The molecule has 17 heavy (non-hydrogen) atoms. The Morgan fingerprint density at radius 1 is 1.24 bits per heavy atom. The molecule has 0 N–H and O–H groups in total. The van der Waals surface area contributed by atoms with Gasteiger partial charge in [-0.25, -0.2) is 4.68 Å². The van der Waals surface area contributed by atoms with E-state index in [9.17, 15) is 4.79 Å². The molecule has 0 aliphatic heterocycles. The number of rotatable bonds is 3. The molecule has 86 valence electrons. The Labute approximate surface area is 100 Å². The van der Waals surface area contributed by atoms with Gasteiger partial charge in [0.1, 0.15) is 6.29 Å². The zero-order valence-electron chi connectivity index (χ0n) is 9.92. The van der Waals surface area contributed by atoms with Crippen LogP contribution < -0.4 is 0 Å². The molecule has 0 bridgehead atoms. The zero-order chi connectivity index (χ0) is 12.3. The van der Waals surface area contributed by atoms with Crippen molar-refractivity contribution >= 4 is 12.4 Å². The zero-order valence-corrected chi connectivity index (χ0v) is 9.92. The van der Waals surface area contributed by atoms with E-state index in [4.69, 9.17) is 0 Å². The molecule has 0 saturated heterocycles. The number of aryl methyl sites for hydroxylation is 2. The van der Waals surface area contributed by atoms with Crippen LogP contribution in [-0.4, -0.2) is 16.1 Å². The van der Waals surface area contributed by atoms with E-state index in [1.54, 1.807) is 6.08 Å². The SMILES string of the molecule is Cc1cc(C)n(-c2cccc(C=CC=O)c2)n1. The van der Waals surface area contributed by atoms with E-state index in [2.05, 4.69) is 5.10 Å². The first-order valence-electron chi connectivity index (χ1n) is 5.46. The number of allylic oxidation sites excluding steroid dienone is 1. The molecule has 0 aliphatic carbocycles. The maximum atomic E-state index is 10.3. The molecule has 3 nitrogen and oxygen atoms in total. The minimum Gasteiger partial charge on any atom is -0.299 e. The van der Waals surface area contributed by atoms with Gasteiger partial charge in [-0.3, -0.25) is 4.79 Å². The molecule has 0 atom stereocenters. The summed E-state index contributed by atoms with van der Waals surface area (Å²) in [4.78, 5) is 10.3. The Hall–Kier alpha value is -2.16. The molecule has 0 radical (unpaired) electrons. The minimum atomic E-state index is 0.774. The summed E-state index contributed by atoms with van der Waals surface area (Å²) in [7, 11) is 0. The van der Waals surface area contributed by atoms with Crippen LogP contribution >= 0.6 is 0 Å². The van der Waals surface area contributed by atoms with Crippen LogP contribution in [0.25, 0.3) is 11.8 Å². The van der Waals surface area contributed by atoms with Crippen LogP contribution in [0.3, 0.4) is 0 Å². The summed E-state index contributed by atoms with van der Waals surface area (Å²) in [6.07, 6.45) is 4.04. The Morgan fingerprint density at radius 3 is 2.71 bits per heavy atom. The van der Waals surface area contributed by atoms with Crippen molar-refractivity contribution in [1.29, 1.82) is 0 Å². The lowest BCUT2D eigenvalue weighted by atomic mass is 10.2. The van der Waals surface area contributed by atoms with Crippen LogP contribution in [0.4, 0.5) is 0 Å². The highest BCUT2D eigenvalue weighted by atomic mass is 16.1. The van der Waals surface area contributed by atoms with Crippen molar-refractivity contribution in [2.24, 2.45) is 0 Å². The molecule has 3 heteroatoms. The predicted molar refractivity (Wildman–Crippen MR) is 68.1 cm³/mol. The minimum absolute atomic E-state index is 0.774. The predicted octanol–water partition coefficient (Wildman–Crippen LogP) is 2.70. The molecule has 0 spiro atoms. The molecule has 0 fully saturated rings. The number of carbonyl (C=O) groups is 1. The molecular formula is C14H14N2O. The Kier molecular flexibility index (Phi) is 3.19. The van der Waals surface area contributed by atoms with Crippen molar-refractivity contribution in [2.75, 3.05) is 0 Å². The lowest BCUT2D eigenvalue weighted by Gasteiger charge is -2.04. The van der Waals surface area contributed by atoms with Crippen LogP contribution in [0.2, 0.25) is 0 Å². The first-order valence-corrected chi connectivity index (χ1v) is 5.46. The highest BCUT2D eigenvalue weighted by Crippen LogP contribution is 2.14. The monoisotopic (exact) mass is 226 g/mol. The van der Waals surface area contributed by atoms with E-state index in [1.165, 1.54) is 6.08 Å². The van der Waals surface area contributed by atoms with Gasteiger partial charge in [0, 0.05) is 5.69 Å². The van der Waals surface area contributed by atoms with E-state index in [1.807, 2.05) is 48.9 Å². The van der Waals surface area contributed by atoms with E-state index in [0.29, 0.717) is 0 Å². The summed E-state index contributed by atoms with van der Waals surface area (Å²) in [5.74, 6) is 0. The summed E-state index contributed by atoms with van der Waals surface area (Å²) < 4.78 is 1.90. The molecule has 0 aliphatic rings. The van der Waals surface area contributed by atoms with E-state index < -0.39 is 0 Å². The lowest BCUT2D eigenvalue weighted by Crippen LogP contribution is -1.98. The number of benzene rings is 1. The fourth-order valence-electron chi connectivity index (χ4n) is 1.80. The van der Waals surface area contributed by atoms with Gasteiger partial charge in [0.15, 0.2) is 0 Å². The molecular weight excluding hydrogens is 212 g/mol. The molecule has 1 heterocycles. The summed E-state index contributed by atoms with van der Waals surface area (Å²) in [6.45, 7) is 3.99. The summed E-state index contributed by atoms with van der Waals surface area (Å²) in [5.41, 5.74) is 4.08. The number of aromatic nitrogens is 2. The van der Waals surface area contributed by atoms with Crippen LogP contribution in [0.5, 0.6) is 0 Å². The first-order chi connectivity index (χ1) is 8.20. The second kappa shape index (κ2) is 4.78.